The van der Waals surface area contributed by atoms with Gasteiger partial charge in [-0.1, -0.05) is 12.1 Å². The van der Waals surface area contributed by atoms with Gasteiger partial charge in [-0.15, -0.1) is 0 Å². The van der Waals surface area contributed by atoms with Crippen molar-refractivity contribution in [2.45, 2.75) is 13.5 Å². The third-order valence-electron chi connectivity index (χ3n) is 2.99. The van der Waals surface area contributed by atoms with Gasteiger partial charge in [0.05, 0.1) is 26.0 Å². The molecule has 2 rings (SSSR count). The molecule has 1 heterocycles. The Kier molecular flexibility index (Phi) is 6.70. The van der Waals surface area contributed by atoms with Crippen LogP contribution in [0.15, 0.2) is 47.1 Å². The zero-order chi connectivity index (χ0) is 17.2. The number of hydrogen-bond acceptors (Lipinski definition) is 5. The second-order valence-corrected chi connectivity index (χ2v) is 4.80. The van der Waals surface area contributed by atoms with Crippen molar-refractivity contribution in [3.05, 3.63) is 48.4 Å². The maximum absolute atomic E-state index is 11.7. The molecule has 0 fully saturated rings. The van der Waals surface area contributed by atoms with E-state index in [4.69, 9.17) is 13.9 Å². The van der Waals surface area contributed by atoms with Crippen LogP contribution in [-0.2, 0) is 16.1 Å². The van der Waals surface area contributed by atoms with Gasteiger partial charge in [0.2, 0.25) is 5.91 Å². The van der Waals surface area contributed by atoms with E-state index >= 15 is 0 Å². The lowest BCUT2D eigenvalue weighted by atomic mass is 10.3. The van der Waals surface area contributed by atoms with E-state index in [1.54, 1.807) is 30.3 Å². The average molecular weight is 332 g/mol. The van der Waals surface area contributed by atoms with Crippen molar-refractivity contribution in [1.29, 1.82) is 0 Å². The van der Waals surface area contributed by atoms with Crippen LogP contribution in [0, 0.1) is 0 Å². The zero-order valence-electron chi connectivity index (χ0n) is 13.4. The van der Waals surface area contributed by atoms with Crippen LogP contribution < -0.4 is 20.1 Å². The standard InChI is InChI=1S/C17H20N2O5/c1-2-22-14-7-3-4-8-15(14)24-12-17(21)19-11-16(20)18-10-13-6-5-9-23-13/h3-9H,2,10-12H2,1H3,(H,18,20)(H,19,21). The summed E-state index contributed by atoms with van der Waals surface area (Å²) in [4.78, 5) is 23.4. The van der Waals surface area contributed by atoms with E-state index in [0.29, 0.717) is 23.9 Å². The van der Waals surface area contributed by atoms with Gasteiger partial charge in [-0.25, -0.2) is 0 Å². The zero-order valence-corrected chi connectivity index (χ0v) is 13.4. The fraction of sp³-hybridized carbons (Fsp3) is 0.294. The topological polar surface area (TPSA) is 89.8 Å². The molecule has 0 aliphatic heterocycles. The number of para-hydroxylation sites is 2. The summed E-state index contributed by atoms with van der Waals surface area (Å²) in [5, 5.41) is 5.12. The van der Waals surface area contributed by atoms with Crippen LogP contribution in [0.25, 0.3) is 0 Å². The van der Waals surface area contributed by atoms with Gasteiger partial charge >= 0.3 is 0 Å². The minimum absolute atomic E-state index is 0.129. The van der Waals surface area contributed by atoms with Crippen molar-refractivity contribution in [2.24, 2.45) is 0 Å². The average Bonchev–Trinajstić information content (AvgIpc) is 3.11. The van der Waals surface area contributed by atoms with Crippen LogP contribution in [-0.4, -0.2) is 31.6 Å². The number of nitrogens with one attached hydrogen (secondary N) is 2. The molecule has 0 aliphatic carbocycles. The minimum Gasteiger partial charge on any atom is -0.490 e. The first kappa shape index (κ1) is 17.4. The molecule has 1 aromatic heterocycles. The monoisotopic (exact) mass is 332 g/mol. The molecule has 0 aliphatic rings. The van der Waals surface area contributed by atoms with Crippen LogP contribution in [0.1, 0.15) is 12.7 Å². The third kappa shape index (κ3) is 5.68. The molecular weight excluding hydrogens is 312 g/mol. The van der Waals surface area contributed by atoms with E-state index in [9.17, 15) is 9.59 Å². The van der Waals surface area contributed by atoms with Crippen LogP contribution in [0.4, 0.5) is 0 Å². The molecule has 2 amide bonds. The molecule has 2 N–H and O–H groups in total. The highest BCUT2D eigenvalue weighted by molar-refractivity contribution is 5.85. The molecule has 0 bridgehead atoms. The molecule has 7 heteroatoms. The first-order valence-electron chi connectivity index (χ1n) is 7.59. The van der Waals surface area contributed by atoms with Crippen LogP contribution in [0.3, 0.4) is 0 Å². The Hall–Kier alpha value is -2.96. The van der Waals surface area contributed by atoms with Crippen molar-refractivity contribution < 1.29 is 23.5 Å². The lowest BCUT2D eigenvalue weighted by Gasteiger charge is -2.11. The van der Waals surface area contributed by atoms with E-state index in [1.807, 2.05) is 13.0 Å². The summed E-state index contributed by atoms with van der Waals surface area (Å²) in [5.41, 5.74) is 0. The SMILES string of the molecule is CCOc1ccccc1OCC(=O)NCC(=O)NCc1ccco1. The summed E-state index contributed by atoms with van der Waals surface area (Å²) in [7, 11) is 0. The summed E-state index contributed by atoms with van der Waals surface area (Å²) in [6, 6.07) is 10.6. The number of carbonyl (C=O) groups excluding carboxylic acids is 2. The second kappa shape index (κ2) is 9.24. The maximum Gasteiger partial charge on any atom is 0.258 e. The lowest BCUT2D eigenvalue weighted by molar-refractivity contribution is -0.127. The molecule has 1 aromatic carbocycles. The highest BCUT2D eigenvalue weighted by Gasteiger charge is 2.09. The summed E-state index contributed by atoms with van der Waals surface area (Å²) >= 11 is 0. The molecule has 2 aromatic rings. The highest BCUT2D eigenvalue weighted by atomic mass is 16.5. The van der Waals surface area contributed by atoms with Crippen LogP contribution >= 0.6 is 0 Å². The number of amides is 2. The molecular formula is C17H20N2O5. The largest absolute Gasteiger partial charge is 0.490 e. The molecule has 0 radical (unpaired) electrons. The van der Waals surface area contributed by atoms with Crippen molar-refractivity contribution in [3.8, 4) is 11.5 Å². The molecule has 128 valence electrons. The van der Waals surface area contributed by atoms with Crippen molar-refractivity contribution in [1.82, 2.24) is 10.6 Å². The number of rotatable bonds is 9. The molecule has 0 saturated carbocycles. The Morgan fingerprint density at radius 1 is 1.00 bits per heavy atom. The Morgan fingerprint density at radius 2 is 1.75 bits per heavy atom. The van der Waals surface area contributed by atoms with Gasteiger partial charge in [0.1, 0.15) is 5.76 Å². The highest BCUT2D eigenvalue weighted by Crippen LogP contribution is 2.26. The Balaban J connectivity index is 1.68. The van der Waals surface area contributed by atoms with E-state index in [-0.39, 0.29) is 25.6 Å². The molecule has 0 atom stereocenters. The number of carbonyl (C=O) groups is 2. The van der Waals surface area contributed by atoms with Crippen LogP contribution in [0.5, 0.6) is 11.5 Å². The maximum atomic E-state index is 11.7. The first-order chi connectivity index (χ1) is 11.7. The van der Waals surface area contributed by atoms with Gasteiger partial charge in [0, 0.05) is 0 Å². The van der Waals surface area contributed by atoms with E-state index in [1.165, 1.54) is 6.26 Å². The third-order valence-corrected chi connectivity index (χ3v) is 2.99. The quantitative estimate of drug-likeness (QED) is 0.726. The normalized spacial score (nSPS) is 10.0. The van der Waals surface area contributed by atoms with E-state index in [0.717, 1.165) is 0 Å². The summed E-state index contributed by atoms with van der Waals surface area (Å²) in [6.45, 7) is 2.32. The number of ether oxygens (including phenoxy) is 2. The van der Waals surface area contributed by atoms with Crippen molar-refractivity contribution in [3.63, 3.8) is 0 Å². The van der Waals surface area contributed by atoms with E-state index < -0.39 is 5.91 Å². The molecule has 24 heavy (non-hydrogen) atoms. The van der Waals surface area contributed by atoms with Crippen LogP contribution in [0.2, 0.25) is 0 Å². The van der Waals surface area contributed by atoms with Gasteiger partial charge in [0.15, 0.2) is 18.1 Å². The Bertz CT molecular complexity index is 655. The lowest BCUT2D eigenvalue weighted by Crippen LogP contribution is -2.38. The Labute approximate surface area is 139 Å². The molecule has 0 spiro atoms. The van der Waals surface area contributed by atoms with Gasteiger partial charge in [-0.2, -0.15) is 0 Å². The summed E-state index contributed by atoms with van der Waals surface area (Å²) in [5.74, 6) is 0.996. The fourth-order valence-corrected chi connectivity index (χ4v) is 1.88. The number of benzene rings is 1. The number of furan rings is 1. The summed E-state index contributed by atoms with van der Waals surface area (Å²) < 4.78 is 15.9. The number of hydrogen-bond donors (Lipinski definition) is 2. The Morgan fingerprint density at radius 3 is 2.42 bits per heavy atom. The van der Waals surface area contributed by atoms with Gasteiger partial charge < -0.3 is 24.5 Å². The first-order valence-corrected chi connectivity index (χ1v) is 7.59. The second-order valence-electron chi connectivity index (χ2n) is 4.80. The van der Waals surface area contributed by atoms with Gasteiger partial charge in [-0.05, 0) is 31.2 Å². The summed E-state index contributed by atoms with van der Waals surface area (Å²) in [6.07, 6.45) is 1.53. The smallest absolute Gasteiger partial charge is 0.258 e. The predicted octanol–water partition coefficient (Wildman–Crippen LogP) is 1.49. The molecule has 7 nitrogen and oxygen atoms in total. The predicted molar refractivity (Wildman–Crippen MR) is 86.7 cm³/mol. The molecule has 0 saturated heterocycles. The minimum atomic E-state index is -0.394. The molecule has 0 unspecified atom stereocenters. The van der Waals surface area contributed by atoms with Gasteiger partial charge in [0.25, 0.3) is 5.91 Å². The van der Waals surface area contributed by atoms with Crippen molar-refractivity contribution >= 4 is 11.8 Å². The van der Waals surface area contributed by atoms with Crippen molar-refractivity contribution in [2.75, 3.05) is 19.8 Å². The van der Waals surface area contributed by atoms with Gasteiger partial charge in [-0.3, -0.25) is 9.59 Å². The van der Waals surface area contributed by atoms with E-state index in [2.05, 4.69) is 10.6 Å². The fourth-order valence-electron chi connectivity index (χ4n) is 1.88.